The Bertz CT molecular complexity index is 806. The summed E-state index contributed by atoms with van der Waals surface area (Å²) in [5.74, 6) is 1.16. The molecule has 0 aliphatic rings. The molecule has 6 heteroatoms. The summed E-state index contributed by atoms with van der Waals surface area (Å²) in [5, 5.41) is 4.09. The predicted octanol–water partition coefficient (Wildman–Crippen LogP) is 5.05. The molecule has 1 aromatic heterocycles. The van der Waals surface area contributed by atoms with E-state index in [1.807, 2.05) is 48.5 Å². The molecule has 1 heterocycles. The van der Waals surface area contributed by atoms with Gasteiger partial charge in [-0.15, -0.1) is 12.4 Å². The van der Waals surface area contributed by atoms with Gasteiger partial charge in [-0.3, -0.25) is 4.98 Å². The van der Waals surface area contributed by atoms with Crippen molar-refractivity contribution in [1.82, 2.24) is 10.3 Å². The highest BCUT2D eigenvalue weighted by atomic mass is 35.5. The van der Waals surface area contributed by atoms with E-state index in [-0.39, 0.29) is 18.4 Å². The van der Waals surface area contributed by atoms with Gasteiger partial charge in [0.05, 0.1) is 31.0 Å². The third-order valence-electron chi connectivity index (χ3n) is 4.12. The van der Waals surface area contributed by atoms with Gasteiger partial charge in [0.2, 0.25) is 0 Å². The lowest BCUT2D eigenvalue weighted by Crippen LogP contribution is -2.23. The van der Waals surface area contributed by atoms with Crippen LogP contribution in [0.5, 0.6) is 11.5 Å². The predicted molar refractivity (Wildman–Crippen MR) is 111 cm³/mol. The van der Waals surface area contributed by atoms with Crippen LogP contribution in [-0.2, 0) is 6.54 Å². The van der Waals surface area contributed by atoms with Crippen LogP contribution >= 0.6 is 24.0 Å². The molecule has 3 rings (SSSR count). The first kappa shape index (κ1) is 21.0. The van der Waals surface area contributed by atoms with Crippen LogP contribution in [0.3, 0.4) is 0 Å². The molecule has 0 spiro atoms. The van der Waals surface area contributed by atoms with Crippen LogP contribution in [0.1, 0.15) is 22.9 Å². The zero-order valence-corrected chi connectivity index (χ0v) is 16.8. The lowest BCUT2D eigenvalue weighted by atomic mass is 10.0. The van der Waals surface area contributed by atoms with E-state index < -0.39 is 0 Å². The fourth-order valence-electron chi connectivity index (χ4n) is 2.88. The number of hydrogen-bond acceptors (Lipinski definition) is 4. The van der Waals surface area contributed by atoms with Crippen LogP contribution in [0.25, 0.3) is 0 Å². The molecule has 0 saturated carbocycles. The van der Waals surface area contributed by atoms with E-state index in [0.717, 1.165) is 16.8 Å². The highest BCUT2D eigenvalue weighted by Crippen LogP contribution is 2.36. The van der Waals surface area contributed by atoms with Crippen LogP contribution in [0.4, 0.5) is 0 Å². The number of hydrogen-bond donors (Lipinski definition) is 1. The van der Waals surface area contributed by atoms with Gasteiger partial charge in [-0.05, 0) is 35.4 Å². The summed E-state index contributed by atoms with van der Waals surface area (Å²) >= 11 is 6.32. The van der Waals surface area contributed by atoms with Crippen molar-refractivity contribution in [2.75, 3.05) is 14.2 Å². The molecule has 142 valence electrons. The van der Waals surface area contributed by atoms with Crippen LogP contribution in [0.15, 0.2) is 66.9 Å². The van der Waals surface area contributed by atoms with E-state index in [0.29, 0.717) is 23.1 Å². The van der Waals surface area contributed by atoms with E-state index >= 15 is 0 Å². The molecule has 0 bridgehead atoms. The van der Waals surface area contributed by atoms with Gasteiger partial charge >= 0.3 is 0 Å². The Morgan fingerprint density at radius 3 is 2.37 bits per heavy atom. The minimum atomic E-state index is -0.0238. The molecule has 1 N–H and O–H groups in total. The molecule has 0 saturated heterocycles. The second-order valence-corrected chi connectivity index (χ2v) is 6.20. The molecule has 0 aliphatic heterocycles. The second-order valence-electron chi connectivity index (χ2n) is 5.79. The Kier molecular flexibility index (Phi) is 7.92. The van der Waals surface area contributed by atoms with Gasteiger partial charge in [-0.25, -0.2) is 0 Å². The Labute approximate surface area is 170 Å². The molecular formula is C21H22Cl2N2O2. The second kappa shape index (κ2) is 10.2. The number of halogens is 2. The molecule has 4 nitrogen and oxygen atoms in total. The average molecular weight is 405 g/mol. The lowest BCUT2D eigenvalue weighted by molar-refractivity contribution is 0.354. The molecule has 3 aromatic rings. The van der Waals surface area contributed by atoms with Crippen molar-refractivity contribution in [2.45, 2.75) is 12.6 Å². The summed E-state index contributed by atoms with van der Waals surface area (Å²) in [6.07, 6.45) is 1.81. The molecule has 0 aliphatic carbocycles. The smallest absolute Gasteiger partial charge is 0.179 e. The molecular weight excluding hydrogens is 383 g/mol. The Balaban J connectivity index is 0.00000261. The van der Waals surface area contributed by atoms with Crippen molar-refractivity contribution in [3.05, 3.63) is 88.7 Å². The van der Waals surface area contributed by atoms with E-state index in [2.05, 4.69) is 22.4 Å². The first-order valence-corrected chi connectivity index (χ1v) is 8.70. The molecule has 2 aromatic carbocycles. The highest BCUT2D eigenvalue weighted by Gasteiger charge is 2.16. The minimum Gasteiger partial charge on any atom is -0.493 e. The quantitative estimate of drug-likeness (QED) is 0.597. The van der Waals surface area contributed by atoms with Gasteiger partial charge in [-0.1, -0.05) is 48.0 Å². The SMILES string of the molecule is COc1cc(CNC(c2ccccc2)c2ccccn2)cc(Cl)c1OC.Cl. The number of benzene rings is 2. The normalized spacial score (nSPS) is 11.4. The standard InChI is InChI=1S/C21H21ClN2O2.ClH/c1-25-19-13-15(12-17(22)21(19)26-2)14-24-20(16-8-4-3-5-9-16)18-10-6-7-11-23-18;/h3-13,20,24H,14H2,1-2H3;1H. The number of ether oxygens (including phenoxy) is 2. The monoisotopic (exact) mass is 404 g/mol. The number of methoxy groups -OCH3 is 2. The zero-order valence-electron chi connectivity index (χ0n) is 15.2. The van der Waals surface area contributed by atoms with Crippen molar-refractivity contribution < 1.29 is 9.47 Å². The summed E-state index contributed by atoms with van der Waals surface area (Å²) in [7, 11) is 3.18. The van der Waals surface area contributed by atoms with Crippen molar-refractivity contribution in [3.63, 3.8) is 0 Å². The lowest BCUT2D eigenvalue weighted by Gasteiger charge is -2.20. The van der Waals surface area contributed by atoms with Gasteiger partial charge < -0.3 is 14.8 Å². The van der Waals surface area contributed by atoms with Gasteiger partial charge in [0.1, 0.15) is 0 Å². The minimum absolute atomic E-state index is 0. The van der Waals surface area contributed by atoms with E-state index in [1.165, 1.54) is 0 Å². The molecule has 0 amide bonds. The maximum atomic E-state index is 6.32. The van der Waals surface area contributed by atoms with Crippen molar-refractivity contribution in [2.24, 2.45) is 0 Å². The van der Waals surface area contributed by atoms with Crippen LogP contribution in [0, 0.1) is 0 Å². The first-order valence-electron chi connectivity index (χ1n) is 8.32. The van der Waals surface area contributed by atoms with Crippen LogP contribution < -0.4 is 14.8 Å². The Morgan fingerprint density at radius 1 is 1.00 bits per heavy atom. The van der Waals surface area contributed by atoms with Crippen molar-refractivity contribution in [1.29, 1.82) is 0 Å². The summed E-state index contributed by atoms with van der Waals surface area (Å²) in [6, 6.07) is 20.0. The van der Waals surface area contributed by atoms with Crippen LogP contribution in [0.2, 0.25) is 5.02 Å². The maximum Gasteiger partial charge on any atom is 0.179 e. The first-order chi connectivity index (χ1) is 12.7. The van der Waals surface area contributed by atoms with Gasteiger partial charge in [-0.2, -0.15) is 0 Å². The Hall–Kier alpha value is -2.27. The average Bonchev–Trinajstić information content (AvgIpc) is 2.69. The van der Waals surface area contributed by atoms with Crippen molar-refractivity contribution in [3.8, 4) is 11.5 Å². The molecule has 0 fully saturated rings. The third-order valence-corrected chi connectivity index (χ3v) is 4.40. The summed E-state index contributed by atoms with van der Waals surface area (Å²) in [5.41, 5.74) is 3.12. The molecule has 27 heavy (non-hydrogen) atoms. The fourth-order valence-corrected chi connectivity index (χ4v) is 3.19. The summed E-state index contributed by atoms with van der Waals surface area (Å²) in [4.78, 5) is 4.51. The highest BCUT2D eigenvalue weighted by molar-refractivity contribution is 6.32. The van der Waals surface area contributed by atoms with Crippen molar-refractivity contribution >= 4 is 24.0 Å². The van der Waals surface area contributed by atoms with E-state index in [9.17, 15) is 0 Å². The molecule has 1 unspecified atom stereocenters. The van der Waals surface area contributed by atoms with E-state index in [4.69, 9.17) is 21.1 Å². The summed E-state index contributed by atoms with van der Waals surface area (Å²) in [6.45, 7) is 0.607. The number of aromatic nitrogens is 1. The molecule has 0 radical (unpaired) electrons. The number of rotatable bonds is 7. The third kappa shape index (κ3) is 5.13. The Morgan fingerprint density at radius 2 is 1.74 bits per heavy atom. The number of nitrogens with one attached hydrogen (secondary N) is 1. The fraction of sp³-hybridized carbons (Fsp3) is 0.190. The topological polar surface area (TPSA) is 43.4 Å². The number of pyridine rings is 1. The largest absolute Gasteiger partial charge is 0.493 e. The van der Waals surface area contributed by atoms with Gasteiger partial charge in [0, 0.05) is 12.7 Å². The van der Waals surface area contributed by atoms with Crippen LogP contribution in [-0.4, -0.2) is 19.2 Å². The zero-order chi connectivity index (χ0) is 18.4. The van der Waals surface area contributed by atoms with E-state index in [1.54, 1.807) is 20.4 Å². The summed E-state index contributed by atoms with van der Waals surface area (Å²) < 4.78 is 10.7. The van der Waals surface area contributed by atoms with Gasteiger partial charge in [0.25, 0.3) is 0 Å². The maximum absolute atomic E-state index is 6.32. The van der Waals surface area contributed by atoms with Gasteiger partial charge in [0.15, 0.2) is 11.5 Å². The molecule has 1 atom stereocenters. The number of nitrogens with zero attached hydrogens (tertiary/aromatic N) is 1.